The molecule has 0 spiro atoms. The molecule has 5 N–H and O–H groups in total. The van der Waals surface area contributed by atoms with Crippen LogP contribution in [0.2, 0.25) is 0 Å². The zero-order valence-corrected chi connectivity index (χ0v) is 4.44. The van der Waals surface area contributed by atoms with Crippen molar-refractivity contribution in [1.29, 1.82) is 0 Å². The third-order valence-electron chi connectivity index (χ3n) is 0.256. The Hall–Kier alpha value is 0.110. The Morgan fingerprint density at radius 1 is 2.00 bits per heavy atom. The lowest BCUT2D eigenvalue weighted by Gasteiger charge is -1.92. The van der Waals surface area contributed by atoms with Gasteiger partial charge in [0.25, 0.3) is 0 Å². The summed E-state index contributed by atoms with van der Waals surface area (Å²) in [5, 5.41) is 0. The van der Waals surface area contributed by atoms with Gasteiger partial charge >= 0.3 is 7.52 Å². The average molecular weight is 111 g/mol. The molecule has 0 saturated carbocycles. The van der Waals surface area contributed by atoms with Crippen molar-refractivity contribution in [1.82, 2.24) is 0 Å². The molecular weight excluding hydrogens is 103 g/mol. The molecule has 0 bridgehead atoms. The van der Waals surface area contributed by atoms with E-state index in [1.54, 1.807) is 0 Å². The van der Waals surface area contributed by atoms with Crippen molar-refractivity contribution in [3.63, 3.8) is 0 Å². The fourth-order valence-electron chi connectivity index (χ4n) is 0. The largest absolute Gasteiger partial charge is 0.318 e. The van der Waals surface area contributed by atoms with Gasteiger partial charge in [0.15, 0.2) is 0 Å². The van der Waals surface area contributed by atoms with E-state index in [2.05, 4.69) is 10.5 Å². The maximum absolute atomic E-state index is 10.1. The third kappa shape index (κ3) is 4.11. The van der Waals surface area contributed by atoms with E-state index >= 15 is 0 Å². The average Bonchev–Trinajstić information content (AvgIpc) is 1.35. The Labute approximate surface area is 35.9 Å². The highest BCUT2D eigenvalue weighted by atomic mass is 31.2. The summed E-state index contributed by atoms with van der Waals surface area (Å²) in [5.74, 6) is 2.87. The molecule has 0 aliphatic carbocycles. The number of quaternary nitrogens is 1. The number of hydrogen-bond acceptors (Lipinski definition) is 2. The maximum Gasteiger partial charge on any atom is 0.318 e. The zero-order valence-electron chi connectivity index (χ0n) is 3.55. The highest BCUT2D eigenvalue weighted by Gasteiger charge is 2.05. The predicted molar refractivity (Wildman–Crippen MR) is 21.7 cm³/mol. The van der Waals surface area contributed by atoms with Crippen LogP contribution in [-0.4, -0.2) is 6.66 Å². The quantitative estimate of drug-likeness (QED) is 0.334. The molecule has 0 saturated heterocycles. The molecule has 4 nitrogen and oxygen atoms in total. The Morgan fingerprint density at radius 2 is 2.17 bits per heavy atom. The van der Waals surface area contributed by atoms with Crippen LogP contribution in [0, 0.1) is 0 Å². The molecule has 0 aromatic carbocycles. The molecule has 38 valence electrons. The van der Waals surface area contributed by atoms with Crippen molar-refractivity contribution in [3.8, 4) is 0 Å². The summed E-state index contributed by atoms with van der Waals surface area (Å²) in [6.07, 6.45) is 0. The first-order valence-corrected chi connectivity index (χ1v) is 3.50. The van der Waals surface area contributed by atoms with Crippen molar-refractivity contribution in [2.24, 2.45) is 5.50 Å². The van der Waals surface area contributed by atoms with Gasteiger partial charge in [0.2, 0.25) is 0 Å². The molecule has 0 rings (SSSR count). The van der Waals surface area contributed by atoms with E-state index in [0.717, 1.165) is 0 Å². The van der Waals surface area contributed by atoms with Crippen LogP contribution in [0.4, 0.5) is 0 Å². The molecule has 0 aromatic rings. The van der Waals surface area contributed by atoms with Gasteiger partial charge in [-0.3, -0.25) is 10.1 Å². The van der Waals surface area contributed by atoms with E-state index in [1.165, 1.54) is 6.66 Å². The van der Waals surface area contributed by atoms with E-state index in [0.29, 0.717) is 0 Å². The topological polar surface area (TPSA) is 80.0 Å². The van der Waals surface area contributed by atoms with Gasteiger partial charge in [-0.25, -0.2) is 5.90 Å². The molecule has 0 aliphatic rings. The minimum absolute atomic E-state index is 1.29. The van der Waals surface area contributed by atoms with Gasteiger partial charge in [-0.05, 0) is 0 Å². The van der Waals surface area contributed by atoms with E-state index in [-0.39, 0.29) is 0 Å². The Balaban J connectivity index is 3.48. The van der Waals surface area contributed by atoms with Crippen LogP contribution < -0.4 is 11.4 Å². The lowest BCUT2D eigenvalue weighted by Crippen LogP contribution is -2.47. The van der Waals surface area contributed by atoms with Gasteiger partial charge in [-0.1, -0.05) is 0 Å². The van der Waals surface area contributed by atoms with E-state index in [9.17, 15) is 4.57 Å². The minimum Gasteiger partial charge on any atom is -0.270 e. The molecule has 1 atom stereocenters. The van der Waals surface area contributed by atoms with Crippen molar-refractivity contribution < 1.29 is 15.1 Å². The van der Waals surface area contributed by atoms with Crippen molar-refractivity contribution in [3.05, 3.63) is 0 Å². The second-order valence-electron chi connectivity index (χ2n) is 1.04. The number of rotatable bonds is 1. The number of hydrogen-bond donors (Lipinski definition) is 2. The Bertz CT molecular complexity index is 75.6. The molecule has 0 aliphatic heterocycles. The normalized spacial score (nSPS) is 19.8. The van der Waals surface area contributed by atoms with Crippen LogP contribution in [0.1, 0.15) is 0 Å². The first-order chi connectivity index (χ1) is 2.56. The molecule has 6 heavy (non-hydrogen) atoms. The minimum atomic E-state index is -2.76. The third-order valence-corrected chi connectivity index (χ3v) is 0.769. The van der Waals surface area contributed by atoms with Crippen molar-refractivity contribution in [2.45, 2.75) is 0 Å². The fraction of sp³-hybridized carbons (Fsp3) is 1.00. The van der Waals surface area contributed by atoms with Gasteiger partial charge < -0.3 is 0 Å². The molecule has 1 unspecified atom stereocenters. The molecule has 0 fully saturated rings. The van der Waals surface area contributed by atoms with Gasteiger partial charge in [-0.15, -0.1) is 4.62 Å². The molecule has 0 amide bonds. The van der Waals surface area contributed by atoms with Gasteiger partial charge in [-0.2, -0.15) is 0 Å². The SMILES string of the molecule is CP(N)(=O)O[NH3+]. The maximum atomic E-state index is 10.1. The highest BCUT2D eigenvalue weighted by Crippen LogP contribution is 2.26. The van der Waals surface area contributed by atoms with Crippen LogP contribution in [-0.2, 0) is 9.19 Å². The zero-order chi connectivity index (χ0) is 5.21. The Morgan fingerprint density at radius 3 is 2.17 bits per heavy atom. The van der Waals surface area contributed by atoms with Crippen molar-refractivity contribution in [2.75, 3.05) is 6.66 Å². The summed E-state index contributed by atoms with van der Waals surface area (Å²) in [7, 11) is -2.76. The number of nitrogens with two attached hydrogens (primary N) is 1. The molecule has 0 aromatic heterocycles. The van der Waals surface area contributed by atoms with Crippen LogP contribution in [0.25, 0.3) is 0 Å². The summed E-state index contributed by atoms with van der Waals surface area (Å²) in [6.45, 7) is 1.29. The molecule has 0 heterocycles. The van der Waals surface area contributed by atoms with Crippen LogP contribution >= 0.6 is 7.52 Å². The van der Waals surface area contributed by atoms with Gasteiger partial charge in [0.1, 0.15) is 0 Å². The second kappa shape index (κ2) is 1.71. The fourth-order valence-corrected chi connectivity index (χ4v) is 0. The monoisotopic (exact) mass is 111 g/mol. The summed E-state index contributed by atoms with van der Waals surface area (Å²) in [4.78, 5) is 0. The Kier molecular flexibility index (Phi) is 1.74. The first kappa shape index (κ1) is 6.11. The predicted octanol–water partition coefficient (Wildman–Crippen LogP) is -1.06. The van der Waals surface area contributed by atoms with Crippen LogP contribution in [0.5, 0.6) is 0 Å². The van der Waals surface area contributed by atoms with E-state index in [4.69, 9.17) is 5.50 Å². The molecule has 0 radical (unpaired) electrons. The molecular formula is CH8N2O2P+. The lowest BCUT2D eigenvalue weighted by molar-refractivity contribution is -0.637. The highest BCUT2D eigenvalue weighted by molar-refractivity contribution is 7.55. The first-order valence-electron chi connectivity index (χ1n) is 1.36. The molecule has 5 heteroatoms. The van der Waals surface area contributed by atoms with Gasteiger partial charge in [0, 0.05) is 6.66 Å². The van der Waals surface area contributed by atoms with Gasteiger partial charge in [0.05, 0.1) is 0 Å². The van der Waals surface area contributed by atoms with E-state index < -0.39 is 7.52 Å². The summed E-state index contributed by atoms with van der Waals surface area (Å²) >= 11 is 0. The van der Waals surface area contributed by atoms with Crippen LogP contribution in [0.3, 0.4) is 0 Å². The summed E-state index contributed by atoms with van der Waals surface area (Å²) in [5.41, 5.74) is 4.81. The van der Waals surface area contributed by atoms with Crippen LogP contribution in [0.15, 0.2) is 0 Å². The second-order valence-corrected chi connectivity index (χ2v) is 3.11. The van der Waals surface area contributed by atoms with E-state index in [1.807, 2.05) is 0 Å². The summed E-state index contributed by atoms with van der Waals surface area (Å²) in [6, 6.07) is 0. The summed E-state index contributed by atoms with van der Waals surface area (Å²) < 4.78 is 14.1. The smallest absolute Gasteiger partial charge is 0.270 e. The standard InChI is InChI=1S/CH8N2O2P/c1-6(3,4)5-2/h1-2H3,(H2,3,4)/q+1. The van der Waals surface area contributed by atoms with Crippen molar-refractivity contribution >= 4 is 7.52 Å². The lowest BCUT2D eigenvalue weighted by atomic mass is 12.0.